The molecule has 84 valence electrons. The molecule has 0 amide bonds. The quantitative estimate of drug-likeness (QED) is 0.718. The van der Waals surface area contributed by atoms with Gasteiger partial charge in [0, 0.05) is 5.56 Å². The molecule has 0 saturated heterocycles. The number of nitrogens with one attached hydrogen (secondary N) is 1. The van der Waals surface area contributed by atoms with Gasteiger partial charge in [0.05, 0.1) is 0 Å². The van der Waals surface area contributed by atoms with Crippen LogP contribution in [-0.4, -0.2) is 9.97 Å². The smallest absolute Gasteiger partial charge is 0.336 e. The zero-order valence-corrected chi connectivity index (χ0v) is 9.04. The molecule has 0 aliphatic carbocycles. The van der Waals surface area contributed by atoms with Crippen molar-refractivity contribution < 1.29 is 13.2 Å². The van der Waals surface area contributed by atoms with Crippen LogP contribution in [0.5, 0.6) is 0 Å². The van der Waals surface area contributed by atoms with Gasteiger partial charge in [0.2, 0.25) is 0 Å². The first-order valence-electron chi connectivity index (χ1n) is 4.46. The number of hydrogen-bond donors (Lipinski definition) is 1. The molecule has 1 N–H and O–H groups in total. The van der Waals surface area contributed by atoms with Gasteiger partial charge in [-0.2, -0.15) is 13.2 Å². The molecule has 0 bridgehead atoms. The summed E-state index contributed by atoms with van der Waals surface area (Å²) in [6.07, 6.45) is -4.40. The van der Waals surface area contributed by atoms with Crippen molar-refractivity contribution in [2.75, 3.05) is 0 Å². The number of halogens is 3. The summed E-state index contributed by atoms with van der Waals surface area (Å²) in [6, 6.07) is 4.08. The largest absolute Gasteiger partial charge is 0.431 e. The third-order valence-electron chi connectivity index (χ3n) is 2.18. The lowest BCUT2D eigenvalue weighted by Gasteiger charge is -2.11. The maximum absolute atomic E-state index is 12.4. The highest BCUT2D eigenvalue weighted by molar-refractivity contribution is 7.71. The number of aryl methyl sites for hydroxylation is 1. The minimum absolute atomic E-state index is 0.158. The third kappa shape index (κ3) is 1.92. The standard InChI is InChI=1S/C10H7F3N2S/c1-5-4-6-2-3-7(10(11,12)13)14-8(6)15-9(5)16/h2-4H,1H3,(H,14,15,16). The average molecular weight is 244 g/mol. The molecular weight excluding hydrogens is 237 g/mol. The van der Waals surface area contributed by atoms with Gasteiger partial charge in [-0.15, -0.1) is 0 Å². The van der Waals surface area contributed by atoms with Crippen molar-refractivity contribution in [3.05, 3.63) is 34.1 Å². The molecule has 0 aromatic rings. The summed E-state index contributed by atoms with van der Waals surface area (Å²) in [7, 11) is 0. The lowest BCUT2D eigenvalue weighted by Crippen LogP contribution is -2.09. The van der Waals surface area contributed by atoms with Crippen LogP contribution in [0.2, 0.25) is 0 Å². The van der Waals surface area contributed by atoms with Gasteiger partial charge in [-0.25, -0.2) is 4.98 Å². The van der Waals surface area contributed by atoms with E-state index in [0.717, 1.165) is 11.6 Å². The van der Waals surface area contributed by atoms with Gasteiger partial charge in [0.25, 0.3) is 0 Å². The maximum Gasteiger partial charge on any atom is 0.431 e. The van der Waals surface area contributed by atoms with E-state index in [-0.39, 0.29) is 5.82 Å². The highest BCUT2D eigenvalue weighted by Crippen LogP contribution is 2.30. The summed E-state index contributed by atoms with van der Waals surface area (Å²) < 4.78 is 37.5. The number of rotatable bonds is 0. The minimum atomic E-state index is -4.40. The fourth-order valence-electron chi connectivity index (χ4n) is 1.35. The lowest BCUT2D eigenvalue weighted by atomic mass is 10.1. The molecule has 6 heteroatoms. The van der Waals surface area contributed by atoms with Crippen LogP contribution in [0.1, 0.15) is 11.3 Å². The zero-order chi connectivity index (χ0) is 11.9. The van der Waals surface area contributed by atoms with Gasteiger partial charge in [0.1, 0.15) is 16.2 Å². The van der Waals surface area contributed by atoms with E-state index in [1.165, 1.54) is 6.07 Å². The van der Waals surface area contributed by atoms with Gasteiger partial charge < -0.3 is 4.98 Å². The van der Waals surface area contributed by atoms with Gasteiger partial charge in [-0.3, -0.25) is 0 Å². The van der Waals surface area contributed by atoms with Crippen LogP contribution in [0, 0.1) is 11.6 Å². The molecule has 0 aromatic heterocycles. The van der Waals surface area contributed by atoms with Crippen molar-refractivity contribution in [1.82, 2.24) is 9.97 Å². The molecule has 0 saturated carbocycles. The van der Waals surface area contributed by atoms with E-state index in [2.05, 4.69) is 9.97 Å². The fraction of sp³-hybridized carbons (Fsp3) is 0.200. The Hall–Kier alpha value is -1.43. The van der Waals surface area contributed by atoms with Crippen LogP contribution < -0.4 is 0 Å². The molecule has 2 rings (SSSR count). The third-order valence-corrected chi connectivity index (χ3v) is 2.60. The Balaban J connectivity index is 2.69. The Morgan fingerprint density at radius 1 is 1.31 bits per heavy atom. The first-order chi connectivity index (χ1) is 7.38. The van der Waals surface area contributed by atoms with E-state index in [1.807, 2.05) is 0 Å². The molecule has 2 aliphatic rings. The van der Waals surface area contributed by atoms with Crippen LogP contribution in [0.4, 0.5) is 13.2 Å². The molecule has 2 heterocycles. The number of aromatic nitrogens is 2. The molecule has 2 nitrogen and oxygen atoms in total. The monoisotopic (exact) mass is 244 g/mol. The van der Waals surface area contributed by atoms with Crippen LogP contribution in [0.3, 0.4) is 0 Å². The van der Waals surface area contributed by atoms with Crippen LogP contribution in [-0.2, 0) is 6.18 Å². The highest BCUT2D eigenvalue weighted by atomic mass is 32.1. The van der Waals surface area contributed by atoms with E-state index < -0.39 is 11.9 Å². The predicted octanol–water partition coefficient (Wildman–Crippen LogP) is 3.57. The Bertz CT molecular complexity index is 559. The second kappa shape index (κ2) is 3.55. The van der Waals surface area contributed by atoms with E-state index in [1.54, 1.807) is 13.0 Å². The van der Waals surface area contributed by atoms with Crippen molar-refractivity contribution in [3.63, 3.8) is 0 Å². The summed E-state index contributed by atoms with van der Waals surface area (Å²) >= 11 is 4.91. The highest BCUT2D eigenvalue weighted by Gasteiger charge is 2.32. The van der Waals surface area contributed by atoms with E-state index in [4.69, 9.17) is 12.2 Å². The van der Waals surface area contributed by atoms with Crippen LogP contribution >= 0.6 is 12.2 Å². The van der Waals surface area contributed by atoms with Crippen molar-refractivity contribution in [3.8, 4) is 11.4 Å². The zero-order valence-electron chi connectivity index (χ0n) is 8.22. The molecular formula is C10H7F3N2S. The SMILES string of the molecule is Cc1cc2ccc(C(F)(F)F)[nH]c-2nc1=S. The van der Waals surface area contributed by atoms with E-state index in [0.29, 0.717) is 10.2 Å². The van der Waals surface area contributed by atoms with Crippen molar-refractivity contribution >= 4 is 12.2 Å². The number of nitrogens with zero attached hydrogens (tertiary/aromatic N) is 1. The molecule has 0 atom stereocenters. The average Bonchev–Trinajstić information content (AvgIpc) is 2.17. The summed E-state index contributed by atoms with van der Waals surface area (Å²) in [4.78, 5) is 6.14. The molecule has 2 aliphatic heterocycles. The Morgan fingerprint density at radius 2 is 2.00 bits per heavy atom. The topological polar surface area (TPSA) is 28.7 Å². The predicted molar refractivity (Wildman–Crippen MR) is 55.8 cm³/mol. The number of fused-ring (bicyclic) bond motifs is 1. The first-order valence-corrected chi connectivity index (χ1v) is 4.86. The minimum Gasteiger partial charge on any atom is -0.336 e. The van der Waals surface area contributed by atoms with Gasteiger partial charge in [-0.05, 0) is 30.7 Å². The summed E-state index contributed by atoms with van der Waals surface area (Å²) in [5.41, 5.74) is 0.556. The Labute approximate surface area is 94.5 Å². The van der Waals surface area contributed by atoms with Gasteiger partial charge in [0.15, 0.2) is 0 Å². The Morgan fingerprint density at radius 3 is 2.62 bits per heavy atom. The molecule has 0 aromatic carbocycles. The van der Waals surface area contributed by atoms with Crippen molar-refractivity contribution in [2.24, 2.45) is 0 Å². The summed E-state index contributed by atoms with van der Waals surface area (Å²) in [5.74, 6) is 0.158. The number of pyridine rings is 2. The number of H-pyrrole nitrogens is 1. The van der Waals surface area contributed by atoms with E-state index in [9.17, 15) is 13.2 Å². The first kappa shape index (κ1) is 11.1. The molecule has 0 fully saturated rings. The molecule has 0 spiro atoms. The normalized spacial score (nSPS) is 12.0. The number of aromatic amines is 1. The molecule has 0 radical (unpaired) electrons. The molecule has 16 heavy (non-hydrogen) atoms. The number of alkyl halides is 3. The van der Waals surface area contributed by atoms with Crippen molar-refractivity contribution in [2.45, 2.75) is 13.1 Å². The Kier molecular flexibility index (Phi) is 2.46. The second-order valence-electron chi connectivity index (χ2n) is 3.42. The lowest BCUT2D eigenvalue weighted by molar-refractivity contribution is -0.141. The van der Waals surface area contributed by atoms with Crippen LogP contribution in [0.25, 0.3) is 11.4 Å². The molecule has 0 unspecified atom stereocenters. The number of hydrogen-bond acceptors (Lipinski definition) is 2. The van der Waals surface area contributed by atoms with Gasteiger partial charge in [-0.1, -0.05) is 12.2 Å². The second-order valence-corrected chi connectivity index (χ2v) is 3.80. The van der Waals surface area contributed by atoms with Crippen LogP contribution in [0.15, 0.2) is 18.2 Å². The summed E-state index contributed by atoms with van der Waals surface area (Å²) in [5, 5.41) is 0. The fourth-order valence-corrected chi connectivity index (χ4v) is 1.50. The summed E-state index contributed by atoms with van der Waals surface area (Å²) in [6.45, 7) is 1.77. The van der Waals surface area contributed by atoms with Gasteiger partial charge >= 0.3 is 6.18 Å². The maximum atomic E-state index is 12.4. The van der Waals surface area contributed by atoms with Crippen molar-refractivity contribution in [1.29, 1.82) is 0 Å². The van der Waals surface area contributed by atoms with E-state index >= 15 is 0 Å².